The average Bonchev–Trinajstić information content (AvgIpc) is 2.16. The minimum atomic E-state index is 1.08. The summed E-state index contributed by atoms with van der Waals surface area (Å²) in [6, 6.07) is 0. The largest absolute Gasteiger partial charge is 0.316 e. The maximum absolute atomic E-state index is 3.68. The molecule has 0 fully saturated rings. The van der Waals surface area contributed by atoms with Gasteiger partial charge in [-0.1, -0.05) is 6.08 Å². The Hall–Kier alpha value is 0.400. The first-order chi connectivity index (χ1) is 6.41. The summed E-state index contributed by atoms with van der Waals surface area (Å²) in [7, 11) is 0. The van der Waals surface area contributed by atoms with E-state index in [0.29, 0.717) is 0 Å². The second-order valence-electron chi connectivity index (χ2n) is 2.81. The van der Waals surface area contributed by atoms with Crippen LogP contribution in [0.5, 0.6) is 0 Å². The van der Waals surface area contributed by atoms with E-state index in [1.165, 1.54) is 30.9 Å². The smallest absolute Gasteiger partial charge is 0.0111 e. The maximum Gasteiger partial charge on any atom is 0.0111 e. The van der Waals surface area contributed by atoms with Gasteiger partial charge in [-0.3, -0.25) is 0 Å². The zero-order chi connectivity index (χ0) is 9.78. The molecule has 78 valence electrons. The normalized spacial score (nSPS) is 10.2. The molecule has 3 heteroatoms. The lowest BCUT2D eigenvalue weighted by Crippen LogP contribution is -2.18. The monoisotopic (exact) mass is 219 g/mol. The van der Waals surface area contributed by atoms with Crippen LogP contribution in [-0.2, 0) is 0 Å². The number of nitrogens with one attached hydrogen (secondary N) is 1. The van der Waals surface area contributed by atoms with Crippen molar-refractivity contribution in [1.82, 2.24) is 5.32 Å². The Morgan fingerprint density at radius 2 is 2.08 bits per heavy atom. The first kappa shape index (κ1) is 13.4. The van der Waals surface area contributed by atoms with Gasteiger partial charge in [0.05, 0.1) is 0 Å². The van der Waals surface area contributed by atoms with E-state index in [9.17, 15) is 0 Å². The Balaban J connectivity index is 2.79. The molecule has 0 heterocycles. The fourth-order valence-electron chi connectivity index (χ4n) is 0.932. The first-order valence-electron chi connectivity index (χ1n) is 4.80. The standard InChI is InChI=1S/C10H21NS2/c1-3-8-13-10-7-11-6-4-5-9-12-2/h3,11H,1,4-10H2,2H3. The lowest BCUT2D eigenvalue weighted by atomic mass is 10.3. The molecule has 1 N–H and O–H groups in total. The quantitative estimate of drug-likeness (QED) is 0.448. The highest BCUT2D eigenvalue weighted by Crippen LogP contribution is 1.99. The van der Waals surface area contributed by atoms with Crippen LogP contribution < -0.4 is 5.32 Å². The van der Waals surface area contributed by atoms with Gasteiger partial charge in [0.25, 0.3) is 0 Å². The Labute approximate surface area is 91.1 Å². The van der Waals surface area contributed by atoms with Gasteiger partial charge in [0.2, 0.25) is 0 Å². The summed E-state index contributed by atoms with van der Waals surface area (Å²) in [5.74, 6) is 3.58. The molecule has 0 bridgehead atoms. The van der Waals surface area contributed by atoms with Crippen LogP contribution in [0.4, 0.5) is 0 Å². The Morgan fingerprint density at radius 1 is 1.23 bits per heavy atom. The van der Waals surface area contributed by atoms with E-state index in [1.54, 1.807) is 0 Å². The topological polar surface area (TPSA) is 12.0 Å². The molecule has 0 aliphatic carbocycles. The molecule has 0 aliphatic rings. The predicted molar refractivity (Wildman–Crippen MR) is 68.0 cm³/mol. The molecule has 13 heavy (non-hydrogen) atoms. The average molecular weight is 219 g/mol. The number of hydrogen-bond donors (Lipinski definition) is 1. The highest BCUT2D eigenvalue weighted by atomic mass is 32.2. The van der Waals surface area contributed by atoms with E-state index in [-0.39, 0.29) is 0 Å². The van der Waals surface area contributed by atoms with Gasteiger partial charge in [-0.2, -0.15) is 23.5 Å². The van der Waals surface area contributed by atoms with Crippen molar-refractivity contribution in [2.75, 3.05) is 36.6 Å². The van der Waals surface area contributed by atoms with Gasteiger partial charge in [0, 0.05) is 18.1 Å². The van der Waals surface area contributed by atoms with Crippen molar-refractivity contribution in [3.05, 3.63) is 12.7 Å². The van der Waals surface area contributed by atoms with Crippen LogP contribution in [0.15, 0.2) is 12.7 Å². The number of thioether (sulfide) groups is 2. The lowest BCUT2D eigenvalue weighted by Gasteiger charge is -2.02. The Bertz CT molecular complexity index is 107. The summed E-state index contributed by atoms with van der Waals surface area (Å²) in [5, 5.41) is 3.44. The first-order valence-corrected chi connectivity index (χ1v) is 7.35. The van der Waals surface area contributed by atoms with Crippen LogP contribution >= 0.6 is 23.5 Å². The van der Waals surface area contributed by atoms with Crippen molar-refractivity contribution in [2.45, 2.75) is 12.8 Å². The molecule has 0 aliphatic heterocycles. The second kappa shape index (κ2) is 12.4. The second-order valence-corrected chi connectivity index (χ2v) is 4.95. The van der Waals surface area contributed by atoms with Gasteiger partial charge < -0.3 is 5.32 Å². The third-order valence-electron chi connectivity index (χ3n) is 1.61. The number of unbranched alkanes of at least 4 members (excludes halogenated alkanes) is 1. The zero-order valence-corrected chi connectivity index (χ0v) is 10.2. The van der Waals surface area contributed by atoms with Gasteiger partial charge in [-0.05, 0) is 31.4 Å². The zero-order valence-electron chi connectivity index (χ0n) is 8.55. The van der Waals surface area contributed by atoms with Crippen LogP contribution in [0.1, 0.15) is 12.8 Å². The van der Waals surface area contributed by atoms with Gasteiger partial charge in [0.1, 0.15) is 0 Å². The molecule has 0 aromatic heterocycles. The molecule has 0 unspecified atom stereocenters. The molecule has 1 nitrogen and oxygen atoms in total. The maximum atomic E-state index is 3.68. The third-order valence-corrected chi connectivity index (χ3v) is 3.27. The highest BCUT2D eigenvalue weighted by Gasteiger charge is 1.88. The van der Waals surface area contributed by atoms with E-state index in [0.717, 1.165) is 12.3 Å². The number of rotatable bonds is 10. The molecule has 0 radical (unpaired) electrons. The van der Waals surface area contributed by atoms with E-state index in [1.807, 2.05) is 29.6 Å². The summed E-state index contributed by atoms with van der Waals surface area (Å²) >= 11 is 3.87. The van der Waals surface area contributed by atoms with Gasteiger partial charge in [-0.25, -0.2) is 0 Å². The summed E-state index contributed by atoms with van der Waals surface area (Å²) < 4.78 is 0. The van der Waals surface area contributed by atoms with Gasteiger partial charge in [0.15, 0.2) is 0 Å². The van der Waals surface area contributed by atoms with E-state index in [4.69, 9.17) is 0 Å². The summed E-state index contributed by atoms with van der Waals surface area (Å²) in [4.78, 5) is 0. The molecule has 0 rings (SSSR count). The summed E-state index contributed by atoms with van der Waals surface area (Å²) in [6.45, 7) is 6.00. The molecule has 0 saturated carbocycles. The number of hydrogen-bond acceptors (Lipinski definition) is 3. The molecule has 0 aromatic rings. The minimum Gasteiger partial charge on any atom is -0.316 e. The van der Waals surface area contributed by atoms with Crippen molar-refractivity contribution >= 4 is 23.5 Å². The molecule has 0 atom stereocenters. The molecular formula is C10H21NS2. The van der Waals surface area contributed by atoms with Crippen molar-refractivity contribution in [3.8, 4) is 0 Å². The van der Waals surface area contributed by atoms with Crippen molar-refractivity contribution < 1.29 is 0 Å². The summed E-state index contributed by atoms with van der Waals surface area (Å²) in [5.41, 5.74) is 0. The van der Waals surface area contributed by atoms with Crippen LogP contribution in [-0.4, -0.2) is 36.6 Å². The van der Waals surface area contributed by atoms with Crippen molar-refractivity contribution in [3.63, 3.8) is 0 Å². The summed E-state index contributed by atoms with van der Waals surface area (Å²) in [6.07, 6.45) is 6.78. The van der Waals surface area contributed by atoms with Crippen molar-refractivity contribution in [2.24, 2.45) is 0 Å². The van der Waals surface area contributed by atoms with Crippen molar-refractivity contribution in [1.29, 1.82) is 0 Å². The van der Waals surface area contributed by atoms with E-state index in [2.05, 4.69) is 18.2 Å². The van der Waals surface area contributed by atoms with Gasteiger partial charge in [-0.15, -0.1) is 6.58 Å². The third kappa shape index (κ3) is 12.4. The SMILES string of the molecule is C=CCSCCNCCCCSC. The fourth-order valence-corrected chi connectivity index (χ4v) is 2.05. The van der Waals surface area contributed by atoms with Crippen LogP contribution in [0, 0.1) is 0 Å². The van der Waals surface area contributed by atoms with E-state index < -0.39 is 0 Å². The molecule has 0 spiro atoms. The molecular weight excluding hydrogens is 198 g/mol. The Kier molecular flexibility index (Phi) is 12.8. The highest BCUT2D eigenvalue weighted by molar-refractivity contribution is 7.99. The van der Waals surface area contributed by atoms with Crippen LogP contribution in [0.2, 0.25) is 0 Å². The molecule has 0 amide bonds. The minimum absolute atomic E-state index is 1.08. The molecule has 0 aromatic carbocycles. The van der Waals surface area contributed by atoms with E-state index >= 15 is 0 Å². The Morgan fingerprint density at radius 3 is 2.77 bits per heavy atom. The molecule has 0 saturated heterocycles. The van der Waals surface area contributed by atoms with Crippen LogP contribution in [0.3, 0.4) is 0 Å². The lowest BCUT2D eigenvalue weighted by molar-refractivity contribution is 0.669. The fraction of sp³-hybridized carbons (Fsp3) is 0.800. The van der Waals surface area contributed by atoms with Crippen LogP contribution in [0.25, 0.3) is 0 Å². The predicted octanol–water partition coefficient (Wildman–Crippen LogP) is 2.64. The van der Waals surface area contributed by atoms with Gasteiger partial charge >= 0.3 is 0 Å².